The Morgan fingerprint density at radius 3 is 2.73 bits per heavy atom. The van der Waals surface area contributed by atoms with Gasteiger partial charge in [0.25, 0.3) is 6.43 Å². The first-order chi connectivity index (χ1) is 5.25. The van der Waals surface area contributed by atoms with Crippen molar-refractivity contribution < 1.29 is 13.5 Å². The lowest BCUT2D eigenvalue weighted by Crippen LogP contribution is -1.96. The molecular formula is C6H6F2N2O. The number of ether oxygens (including phenoxy) is 1. The summed E-state index contributed by atoms with van der Waals surface area (Å²) in [5.41, 5.74) is -0.373. The highest BCUT2D eigenvalue weighted by atomic mass is 19.3. The van der Waals surface area contributed by atoms with Gasteiger partial charge in [-0.1, -0.05) is 0 Å². The van der Waals surface area contributed by atoms with E-state index in [1.54, 1.807) is 0 Å². The molecule has 60 valence electrons. The summed E-state index contributed by atoms with van der Waals surface area (Å²) in [5.74, 6) is 0.0162. The van der Waals surface area contributed by atoms with Crippen molar-refractivity contribution in [2.24, 2.45) is 0 Å². The van der Waals surface area contributed by atoms with Crippen LogP contribution in [-0.2, 0) is 0 Å². The highest BCUT2D eigenvalue weighted by molar-refractivity contribution is 5.23. The minimum absolute atomic E-state index is 0.0162. The smallest absolute Gasteiger partial charge is 0.284 e. The Labute approximate surface area is 62.0 Å². The molecule has 1 aromatic heterocycles. The molecule has 0 spiro atoms. The van der Waals surface area contributed by atoms with Crippen molar-refractivity contribution in [3.8, 4) is 5.75 Å². The van der Waals surface area contributed by atoms with Gasteiger partial charge in [-0.15, -0.1) is 0 Å². The van der Waals surface area contributed by atoms with E-state index in [0.717, 1.165) is 6.33 Å². The average molecular weight is 160 g/mol. The van der Waals surface area contributed by atoms with Gasteiger partial charge in [-0.3, -0.25) is 0 Å². The van der Waals surface area contributed by atoms with E-state index in [0.29, 0.717) is 0 Å². The maximum atomic E-state index is 12.0. The molecule has 0 N–H and O–H groups in total. The number of nitrogens with zero attached hydrogens (tertiary/aromatic N) is 2. The lowest BCUT2D eigenvalue weighted by molar-refractivity contribution is 0.141. The Morgan fingerprint density at radius 1 is 1.55 bits per heavy atom. The zero-order valence-electron chi connectivity index (χ0n) is 5.79. The molecule has 0 saturated heterocycles. The molecule has 0 aliphatic heterocycles. The summed E-state index contributed by atoms with van der Waals surface area (Å²) in [6, 6.07) is 0. The lowest BCUT2D eigenvalue weighted by atomic mass is 10.4. The summed E-state index contributed by atoms with van der Waals surface area (Å²) >= 11 is 0. The van der Waals surface area contributed by atoms with Crippen LogP contribution in [0.3, 0.4) is 0 Å². The summed E-state index contributed by atoms with van der Waals surface area (Å²) in [6.07, 6.45) is -0.355. The molecule has 0 bridgehead atoms. The van der Waals surface area contributed by atoms with Gasteiger partial charge in [0.1, 0.15) is 6.33 Å². The third-order valence-corrected chi connectivity index (χ3v) is 1.13. The van der Waals surface area contributed by atoms with E-state index in [9.17, 15) is 8.78 Å². The van der Waals surface area contributed by atoms with Crippen molar-refractivity contribution in [3.05, 3.63) is 18.2 Å². The Morgan fingerprint density at radius 2 is 2.27 bits per heavy atom. The molecule has 0 amide bonds. The van der Waals surface area contributed by atoms with Gasteiger partial charge in [0, 0.05) is 0 Å². The second-order valence-electron chi connectivity index (χ2n) is 1.78. The molecule has 1 heterocycles. The highest BCUT2D eigenvalue weighted by Crippen LogP contribution is 2.24. The third-order valence-electron chi connectivity index (χ3n) is 1.13. The number of alkyl halides is 2. The standard InChI is InChI=1S/C6H6F2N2O/c1-11-4-2-9-3-10-5(4)6(7)8/h2-3,6H,1H3. The molecule has 3 nitrogen and oxygen atoms in total. The van der Waals surface area contributed by atoms with Gasteiger partial charge in [0.2, 0.25) is 0 Å². The van der Waals surface area contributed by atoms with Crippen molar-refractivity contribution in [1.82, 2.24) is 9.97 Å². The molecule has 0 radical (unpaired) electrons. The van der Waals surface area contributed by atoms with Crippen molar-refractivity contribution in [2.75, 3.05) is 7.11 Å². The molecule has 0 fully saturated rings. The van der Waals surface area contributed by atoms with Crippen LogP contribution in [0.5, 0.6) is 5.75 Å². The predicted octanol–water partition coefficient (Wildman–Crippen LogP) is 1.42. The van der Waals surface area contributed by atoms with Gasteiger partial charge < -0.3 is 4.74 Å². The summed E-state index contributed by atoms with van der Waals surface area (Å²) in [6.45, 7) is 0. The van der Waals surface area contributed by atoms with E-state index in [-0.39, 0.29) is 11.4 Å². The zero-order chi connectivity index (χ0) is 8.27. The highest BCUT2D eigenvalue weighted by Gasteiger charge is 2.14. The largest absolute Gasteiger partial charge is 0.493 e. The summed E-state index contributed by atoms with van der Waals surface area (Å²) in [5, 5.41) is 0. The maximum absolute atomic E-state index is 12.0. The van der Waals surface area contributed by atoms with Crippen molar-refractivity contribution in [3.63, 3.8) is 0 Å². The average Bonchev–Trinajstić information content (AvgIpc) is 2.04. The minimum Gasteiger partial charge on any atom is -0.493 e. The number of methoxy groups -OCH3 is 1. The van der Waals surface area contributed by atoms with E-state index in [1.807, 2.05) is 0 Å². The number of hydrogen-bond donors (Lipinski definition) is 0. The third kappa shape index (κ3) is 1.60. The molecule has 0 saturated carbocycles. The molecule has 0 aromatic carbocycles. The van der Waals surface area contributed by atoms with Crippen molar-refractivity contribution in [1.29, 1.82) is 0 Å². The second kappa shape index (κ2) is 3.23. The molecule has 5 heteroatoms. The Bertz CT molecular complexity index is 242. The SMILES string of the molecule is COc1cncnc1C(F)F. The number of halogens is 2. The molecule has 0 atom stereocenters. The van der Waals surface area contributed by atoms with Crippen LogP contribution in [0.25, 0.3) is 0 Å². The van der Waals surface area contributed by atoms with Gasteiger partial charge in [0.05, 0.1) is 13.3 Å². The lowest BCUT2D eigenvalue weighted by Gasteiger charge is -2.03. The fraction of sp³-hybridized carbons (Fsp3) is 0.333. The van der Waals surface area contributed by atoms with E-state index < -0.39 is 6.43 Å². The van der Waals surface area contributed by atoms with Crippen LogP contribution in [-0.4, -0.2) is 17.1 Å². The number of hydrogen-bond acceptors (Lipinski definition) is 3. The Hall–Kier alpha value is -1.26. The molecule has 0 aliphatic rings. The normalized spacial score (nSPS) is 10.2. The van der Waals surface area contributed by atoms with E-state index in [2.05, 4.69) is 14.7 Å². The minimum atomic E-state index is -2.62. The summed E-state index contributed by atoms with van der Waals surface area (Å²) < 4.78 is 28.7. The molecule has 0 aliphatic carbocycles. The topological polar surface area (TPSA) is 35.0 Å². The molecule has 0 unspecified atom stereocenters. The molecule has 11 heavy (non-hydrogen) atoms. The molecular weight excluding hydrogens is 154 g/mol. The van der Waals surface area contributed by atoms with E-state index >= 15 is 0 Å². The second-order valence-corrected chi connectivity index (χ2v) is 1.78. The van der Waals surface area contributed by atoms with E-state index in [1.165, 1.54) is 13.3 Å². The first-order valence-electron chi connectivity index (χ1n) is 2.87. The summed E-state index contributed by atoms with van der Waals surface area (Å²) in [4.78, 5) is 6.89. The number of aromatic nitrogens is 2. The van der Waals surface area contributed by atoms with Crippen LogP contribution >= 0.6 is 0 Å². The van der Waals surface area contributed by atoms with Crippen LogP contribution in [0.4, 0.5) is 8.78 Å². The zero-order valence-corrected chi connectivity index (χ0v) is 5.79. The maximum Gasteiger partial charge on any atom is 0.284 e. The first-order valence-corrected chi connectivity index (χ1v) is 2.87. The monoisotopic (exact) mass is 160 g/mol. The number of rotatable bonds is 2. The Balaban J connectivity index is 3.02. The predicted molar refractivity (Wildman–Crippen MR) is 33.5 cm³/mol. The first kappa shape index (κ1) is 7.84. The quantitative estimate of drug-likeness (QED) is 0.656. The fourth-order valence-corrected chi connectivity index (χ4v) is 0.647. The van der Waals surface area contributed by atoms with Gasteiger partial charge in [-0.2, -0.15) is 0 Å². The Kier molecular flexibility index (Phi) is 2.30. The van der Waals surface area contributed by atoms with Crippen LogP contribution in [0.15, 0.2) is 12.5 Å². The van der Waals surface area contributed by atoms with E-state index in [4.69, 9.17) is 0 Å². The van der Waals surface area contributed by atoms with Crippen LogP contribution in [0.2, 0.25) is 0 Å². The fourth-order valence-electron chi connectivity index (χ4n) is 0.647. The van der Waals surface area contributed by atoms with Gasteiger partial charge in [0.15, 0.2) is 11.4 Å². The van der Waals surface area contributed by atoms with Crippen LogP contribution < -0.4 is 4.74 Å². The van der Waals surface area contributed by atoms with Gasteiger partial charge >= 0.3 is 0 Å². The van der Waals surface area contributed by atoms with Crippen LogP contribution in [0, 0.1) is 0 Å². The molecule has 1 aromatic rings. The molecule has 1 rings (SSSR count). The summed E-state index contributed by atoms with van der Waals surface area (Å²) in [7, 11) is 1.30. The van der Waals surface area contributed by atoms with Gasteiger partial charge in [-0.05, 0) is 0 Å². The van der Waals surface area contributed by atoms with Gasteiger partial charge in [-0.25, -0.2) is 18.7 Å². The van der Waals surface area contributed by atoms with Crippen molar-refractivity contribution >= 4 is 0 Å². The van der Waals surface area contributed by atoms with Crippen LogP contribution in [0.1, 0.15) is 12.1 Å². The van der Waals surface area contributed by atoms with Crippen molar-refractivity contribution in [2.45, 2.75) is 6.43 Å².